The third kappa shape index (κ3) is 4.35. The highest BCUT2D eigenvalue weighted by atomic mass is 32.2. The van der Waals surface area contributed by atoms with E-state index in [-0.39, 0.29) is 11.1 Å². The lowest BCUT2D eigenvalue weighted by atomic mass is 10.2. The van der Waals surface area contributed by atoms with E-state index in [4.69, 9.17) is 4.42 Å². The first kappa shape index (κ1) is 20.6. The van der Waals surface area contributed by atoms with Crippen LogP contribution in [0.5, 0.6) is 0 Å². The monoisotopic (exact) mass is 463 g/mol. The molecule has 3 heterocycles. The van der Waals surface area contributed by atoms with Crippen LogP contribution in [0.3, 0.4) is 0 Å². The van der Waals surface area contributed by atoms with E-state index < -0.39 is 0 Å². The summed E-state index contributed by atoms with van der Waals surface area (Å²) in [6, 6.07) is 20.3. The van der Waals surface area contributed by atoms with E-state index in [9.17, 15) is 4.39 Å². The molecule has 0 unspecified atom stereocenters. The summed E-state index contributed by atoms with van der Waals surface area (Å²) in [7, 11) is 0. The Bertz CT molecular complexity index is 1300. The molecule has 0 saturated carbocycles. The van der Waals surface area contributed by atoms with Gasteiger partial charge < -0.3 is 4.42 Å². The van der Waals surface area contributed by atoms with Crippen LogP contribution in [-0.4, -0.2) is 25.0 Å². The molecule has 0 aliphatic rings. The maximum atomic E-state index is 13.4. The molecule has 0 bridgehead atoms. The Kier molecular flexibility index (Phi) is 5.83. The molecule has 3 aromatic heterocycles. The van der Waals surface area contributed by atoms with Crippen LogP contribution in [0.2, 0.25) is 0 Å². The molecular formula is C23H18FN5OS2. The highest BCUT2D eigenvalue weighted by molar-refractivity contribution is 7.99. The zero-order chi connectivity index (χ0) is 21.9. The van der Waals surface area contributed by atoms with Gasteiger partial charge in [-0.15, -0.1) is 31.7 Å². The number of thioether (sulfide) groups is 1. The number of rotatable bonds is 7. The molecule has 9 heteroatoms. The molecule has 0 N–H and O–H groups in total. The zero-order valence-corrected chi connectivity index (χ0v) is 18.7. The number of benzene rings is 2. The largest absolute Gasteiger partial charge is 0.419 e. The summed E-state index contributed by atoms with van der Waals surface area (Å²) >= 11 is 3.05. The van der Waals surface area contributed by atoms with Crippen LogP contribution in [0.1, 0.15) is 23.6 Å². The smallest absolute Gasteiger partial charge is 0.257 e. The van der Waals surface area contributed by atoms with Crippen LogP contribution in [0, 0.1) is 5.82 Å². The second kappa shape index (κ2) is 9.05. The number of thiophene rings is 1. The van der Waals surface area contributed by atoms with E-state index in [0.717, 1.165) is 21.2 Å². The molecule has 1 atom stereocenters. The van der Waals surface area contributed by atoms with Gasteiger partial charge in [0.15, 0.2) is 11.0 Å². The van der Waals surface area contributed by atoms with Gasteiger partial charge in [-0.05, 0) is 48.2 Å². The van der Waals surface area contributed by atoms with Gasteiger partial charge in [-0.1, -0.05) is 48.2 Å². The fourth-order valence-corrected chi connectivity index (χ4v) is 4.73. The van der Waals surface area contributed by atoms with E-state index in [2.05, 4.69) is 32.5 Å². The molecule has 0 saturated heterocycles. The average Bonchev–Trinajstić information content (AvgIpc) is 3.57. The van der Waals surface area contributed by atoms with Crippen molar-refractivity contribution in [3.05, 3.63) is 89.4 Å². The van der Waals surface area contributed by atoms with Gasteiger partial charge in [0.25, 0.3) is 5.89 Å². The molecule has 0 aliphatic heterocycles. The fraction of sp³-hybridized carbons (Fsp3) is 0.130. The van der Waals surface area contributed by atoms with Crippen molar-refractivity contribution >= 4 is 23.1 Å². The summed E-state index contributed by atoms with van der Waals surface area (Å²) in [5, 5.41) is 19.8. The van der Waals surface area contributed by atoms with Crippen molar-refractivity contribution in [2.24, 2.45) is 0 Å². The quantitative estimate of drug-likeness (QED) is 0.272. The van der Waals surface area contributed by atoms with Crippen molar-refractivity contribution < 1.29 is 8.81 Å². The van der Waals surface area contributed by atoms with Gasteiger partial charge in [0.05, 0.1) is 16.7 Å². The minimum absolute atomic E-state index is 0.129. The number of hydrogen-bond acceptors (Lipinski definition) is 7. The number of nitrogens with zero attached hydrogens (tertiary/aromatic N) is 5. The molecule has 5 rings (SSSR count). The summed E-state index contributed by atoms with van der Waals surface area (Å²) in [5.41, 5.74) is 1.91. The predicted octanol–water partition coefficient (Wildman–Crippen LogP) is 6.10. The van der Waals surface area contributed by atoms with Gasteiger partial charge >= 0.3 is 0 Å². The Morgan fingerprint density at radius 1 is 0.969 bits per heavy atom. The van der Waals surface area contributed by atoms with E-state index in [0.29, 0.717) is 24.2 Å². The summed E-state index contributed by atoms with van der Waals surface area (Å²) < 4.78 is 21.4. The van der Waals surface area contributed by atoms with Crippen LogP contribution in [-0.2, 0) is 6.54 Å². The number of halogens is 1. The Morgan fingerprint density at radius 3 is 2.53 bits per heavy atom. The van der Waals surface area contributed by atoms with Gasteiger partial charge in [0.2, 0.25) is 5.89 Å². The van der Waals surface area contributed by atoms with E-state index in [1.807, 2.05) is 47.2 Å². The lowest BCUT2D eigenvalue weighted by Crippen LogP contribution is -2.05. The van der Waals surface area contributed by atoms with E-state index >= 15 is 0 Å². The van der Waals surface area contributed by atoms with Crippen LogP contribution < -0.4 is 0 Å². The second-order valence-corrected chi connectivity index (χ2v) is 9.32. The molecule has 0 amide bonds. The predicted molar refractivity (Wildman–Crippen MR) is 123 cm³/mol. The molecular weight excluding hydrogens is 445 g/mol. The molecule has 5 aromatic rings. The van der Waals surface area contributed by atoms with Crippen molar-refractivity contribution in [2.75, 3.05) is 0 Å². The number of hydrogen-bond donors (Lipinski definition) is 0. The van der Waals surface area contributed by atoms with Crippen molar-refractivity contribution in [3.63, 3.8) is 0 Å². The fourth-order valence-electron chi connectivity index (χ4n) is 3.20. The van der Waals surface area contributed by atoms with Crippen molar-refractivity contribution in [1.82, 2.24) is 25.0 Å². The minimum atomic E-state index is -0.288. The van der Waals surface area contributed by atoms with Gasteiger partial charge in [-0.3, -0.25) is 4.57 Å². The van der Waals surface area contributed by atoms with E-state index in [1.165, 1.54) is 23.9 Å². The third-order valence-electron chi connectivity index (χ3n) is 4.81. The van der Waals surface area contributed by atoms with Gasteiger partial charge in [-0.25, -0.2) is 4.39 Å². The van der Waals surface area contributed by atoms with Crippen LogP contribution in [0.15, 0.2) is 81.7 Å². The number of aromatic nitrogens is 5. The van der Waals surface area contributed by atoms with Gasteiger partial charge in [0.1, 0.15) is 5.82 Å². The summed E-state index contributed by atoms with van der Waals surface area (Å²) in [6.07, 6.45) is 0. The van der Waals surface area contributed by atoms with E-state index in [1.54, 1.807) is 23.5 Å². The zero-order valence-electron chi connectivity index (χ0n) is 17.1. The maximum absolute atomic E-state index is 13.4. The highest BCUT2D eigenvalue weighted by Gasteiger charge is 2.22. The SMILES string of the molecule is C[C@H](Sc1nnc(-c2ccc(F)cc2)n1Cc1ccccc1)c1nnc(-c2cccs2)o1. The van der Waals surface area contributed by atoms with Crippen molar-refractivity contribution in [2.45, 2.75) is 23.9 Å². The first-order valence-electron chi connectivity index (χ1n) is 9.94. The Hall–Kier alpha value is -3.30. The maximum Gasteiger partial charge on any atom is 0.257 e. The lowest BCUT2D eigenvalue weighted by molar-refractivity contribution is 0.509. The highest BCUT2D eigenvalue weighted by Crippen LogP contribution is 2.36. The molecule has 2 aromatic carbocycles. The van der Waals surface area contributed by atoms with Crippen LogP contribution >= 0.6 is 23.1 Å². The van der Waals surface area contributed by atoms with Crippen LogP contribution in [0.25, 0.3) is 22.2 Å². The van der Waals surface area contributed by atoms with Crippen molar-refractivity contribution in [1.29, 1.82) is 0 Å². The van der Waals surface area contributed by atoms with Gasteiger partial charge in [0, 0.05) is 5.56 Å². The minimum Gasteiger partial charge on any atom is -0.419 e. The molecule has 32 heavy (non-hydrogen) atoms. The summed E-state index contributed by atoms with van der Waals surface area (Å²) in [5.74, 6) is 1.42. The lowest BCUT2D eigenvalue weighted by Gasteiger charge is -2.12. The van der Waals surface area contributed by atoms with Gasteiger partial charge in [-0.2, -0.15) is 0 Å². The topological polar surface area (TPSA) is 69.6 Å². The Balaban J connectivity index is 1.45. The third-order valence-corrected chi connectivity index (χ3v) is 6.73. The molecule has 0 spiro atoms. The normalized spacial score (nSPS) is 12.2. The van der Waals surface area contributed by atoms with Crippen molar-refractivity contribution in [3.8, 4) is 22.2 Å². The second-order valence-electron chi connectivity index (χ2n) is 7.07. The Labute approximate surface area is 192 Å². The summed E-state index contributed by atoms with van der Waals surface area (Å²) in [4.78, 5) is 0.937. The molecule has 0 radical (unpaired) electrons. The van der Waals surface area contributed by atoms with Crippen LogP contribution in [0.4, 0.5) is 4.39 Å². The Morgan fingerprint density at radius 2 is 1.78 bits per heavy atom. The first-order valence-corrected chi connectivity index (χ1v) is 11.7. The average molecular weight is 464 g/mol. The molecule has 160 valence electrons. The molecule has 6 nitrogen and oxygen atoms in total. The standard InChI is InChI=1S/C23H18FN5OS2/c1-15(21-26-27-22(30-21)19-8-5-13-31-19)32-23-28-25-20(17-9-11-18(24)12-10-17)29(23)14-16-6-3-2-4-7-16/h2-13,15H,14H2,1H3/t15-/m0/s1. The first-order chi connectivity index (χ1) is 15.7. The summed E-state index contributed by atoms with van der Waals surface area (Å²) in [6.45, 7) is 2.58. The molecule has 0 aliphatic carbocycles. The molecule has 0 fully saturated rings.